The molecule has 1 heterocycles. The summed E-state index contributed by atoms with van der Waals surface area (Å²) in [5.41, 5.74) is 2.13. The summed E-state index contributed by atoms with van der Waals surface area (Å²) in [6, 6.07) is 8.21. The van der Waals surface area contributed by atoms with E-state index in [1.807, 2.05) is 12.1 Å². The van der Waals surface area contributed by atoms with Crippen molar-refractivity contribution >= 4 is 25.6 Å². The van der Waals surface area contributed by atoms with Crippen molar-refractivity contribution in [2.75, 3.05) is 0 Å². The fourth-order valence-electron chi connectivity index (χ4n) is 2.83. The molecule has 1 aromatic carbocycles. The topological polar surface area (TPSA) is 21.6 Å². The molecule has 4 heteroatoms. The minimum absolute atomic E-state index is 0.214. The lowest BCUT2D eigenvalue weighted by Gasteiger charge is -2.44. The lowest BCUT2D eigenvalue weighted by molar-refractivity contribution is 0.0651. The van der Waals surface area contributed by atoms with E-state index in [1.165, 1.54) is 11.3 Å². The Hall–Kier alpha value is -0.643. The van der Waals surface area contributed by atoms with Gasteiger partial charge in [-0.15, -0.1) is 0 Å². The maximum Gasteiger partial charge on any atom is 0.192 e. The van der Waals surface area contributed by atoms with Gasteiger partial charge in [-0.3, -0.25) is 4.99 Å². The molecule has 2 rings (SSSR count). The molecule has 128 valence electrons. The zero-order valence-corrected chi connectivity index (χ0v) is 17.3. The highest BCUT2D eigenvalue weighted by atomic mass is 35.5. The van der Waals surface area contributed by atoms with Crippen LogP contribution in [-0.4, -0.2) is 25.7 Å². The number of aliphatic imine (C=N–C) groups is 1. The Morgan fingerprint density at radius 2 is 1.65 bits per heavy atom. The summed E-state index contributed by atoms with van der Waals surface area (Å²) in [6.45, 7) is 15.9. The van der Waals surface area contributed by atoms with Crippen LogP contribution in [0.4, 0.5) is 0 Å². The van der Waals surface area contributed by atoms with Gasteiger partial charge in [-0.1, -0.05) is 44.5 Å². The van der Waals surface area contributed by atoms with Gasteiger partial charge in [-0.2, -0.15) is 0 Å². The molecule has 0 saturated heterocycles. The highest BCUT2D eigenvalue weighted by Gasteiger charge is 2.44. The first-order chi connectivity index (χ1) is 10.4. The summed E-state index contributed by atoms with van der Waals surface area (Å²) < 4.78 is 6.69. The molecule has 1 atom stereocenters. The van der Waals surface area contributed by atoms with Crippen molar-refractivity contribution in [3.05, 3.63) is 34.9 Å². The van der Waals surface area contributed by atoms with Crippen LogP contribution in [-0.2, 0) is 4.43 Å². The molecular formula is C19H30ClNOSi. The second-order valence-electron chi connectivity index (χ2n) is 8.60. The summed E-state index contributed by atoms with van der Waals surface area (Å²) in [7, 11) is -1.80. The van der Waals surface area contributed by atoms with Gasteiger partial charge in [0, 0.05) is 10.7 Å². The van der Waals surface area contributed by atoms with Crippen molar-refractivity contribution in [3.8, 4) is 0 Å². The number of benzene rings is 1. The van der Waals surface area contributed by atoms with Crippen LogP contribution >= 0.6 is 11.6 Å². The first-order valence-electron chi connectivity index (χ1n) is 8.45. The molecule has 0 unspecified atom stereocenters. The maximum absolute atomic E-state index is 6.69. The minimum Gasteiger partial charge on any atom is -0.410 e. The predicted molar refractivity (Wildman–Crippen MR) is 103 cm³/mol. The largest absolute Gasteiger partial charge is 0.410 e. The lowest BCUT2D eigenvalue weighted by Crippen LogP contribution is -2.51. The van der Waals surface area contributed by atoms with Crippen LogP contribution in [0.15, 0.2) is 29.3 Å². The van der Waals surface area contributed by atoms with Crippen LogP contribution in [0.5, 0.6) is 0 Å². The van der Waals surface area contributed by atoms with Crippen LogP contribution in [0.2, 0.25) is 23.2 Å². The van der Waals surface area contributed by atoms with Crippen molar-refractivity contribution in [1.29, 1.82) is 0 Å². The fourth-order valence-corrected chi connectivity index (χ4v) is 4.72. The molecule has 0 radical (unpaired) electrons. The van der Waals surface area contributed by atoms with Gasteiger partial charge in [-0.25, -0.2) is 0 Å². The quantitative estimate of drug-likeness (QED) is 0.601. The summed E-state index contributed by atoms with van der Waals surface area (Å²) in [6.07, 6.45) is 2.07. The standard InChI is InChI=1S/C19H30ClNOSi/c1-18(2,3)23(6,7)22-19(4,5)17-13-12-16(21-17)14-8-10-15(20)11-9-14/h8-11,17H,12-13H2,1-7H3/t17-/m1/s1. The van der Waals surface area contributed by atoms with Gasteiger partial charge in [0.15, 0.2) is 8.32 Å². The Balaban J connectivity index is 2.17. The summed E-state index contributed by atoms with van der Waals surface area (Å²) in [5.74, 6) is 0. The van der Waals surface area contributed by atoms with E-state index >= 15 is 0 Å². The molecule has 1 aliphatic heterocycles. The Morgan fingerprint density at radius 1 is 1.09 bits per heavy atom. The molecular weight excluding hydrogens is 322 g/mol. The average Bonchev–Trinajstić information content (AvgIpc) is 2.87. The van der Waals surface area contributed by atoms with Crippen molar-refractivity contribution in [3.63, 3.8) is 0 Å². The third-order valence-electron chi connectivity index (χ3n) is 5.27. The van der Waals surface area contributed by atoms with Crippen molar-refractivity contribution in [2.45, 2.75) is 77.2 Å². The van der Waals surface area contributed by atoms with Gasteiger partial charge in [0.05, 0.1) is 11.6 Å². The third-order valence-corrected chi connectivity index (χ3v) is 10.2. The minimum atomic E-state index is -1.80. The Morgan fingerprint density at radius 3 is 2.17 bits per heavy atom. The van der Waals surface area contributed by atoms with E-state index in [4.69, 9.17) is 21.0 Å². The molecule has 2 nitrogen and oxygen atoms in total. The van der Waals surface area contributed by atoms with E-state index in [9.17, 15) is 0 Å². The molecule has 0 bridgehead atoms. The molecule has 0 fully saturated rings. The maximum atomic E-state index is 6.69. The molecule has 1 aromatic rings. The molecule has 0 saturated carbocycles. The van der Waals surface area contributed by atoms with E-state index in [1.54, 1.807) is 0 Å². The number of rotatable bonds is 4. The van der Waals surface area contributed by atoms with Gasteiger partial charge in [-0.05, 0) is 62.5 Å². The fraction of sp³-hybridized carbons (Fsp3) is 0.632. The SMILES string of the molecule is CC(C)(O[Si](C)(C)C(C)(C)C)[C@H]1CCC(c2ccc(Cl)cc2)=N1. The van der Waals surface area contributed by atoms with E-state index < -0.39 is 8.32 Å². The predicted octanol–water partition coefficient (Wildman–Crippen LogP) is 6.09. The summed E-state index contributed by atoms with van der Waals surface area (Å²) in [4.78, 5) is 5.00. The van der Waals surface area contributed by atoms with E-state index in [0.717, 1.165) is 17.9 Å². The zero-order chi connectivity index (χ0) is 17.5. The molecule has 0 aromatic heterocycles. The Labute approximate surface area is 147 Å². The highest BCUT2D eigenvalue weighted by molar-refractivity contribution is 6.74. The van der Waals surface area contributed by atoms with Gasteiger partial charge in [0.25, 0.3) is 0 Å². The number of halogens is 1. The molecule has 0 amide bonds. The molecule has 1 aliphatic rings. The van der Waals surface area contributed by atoms with Crippen molar-refractivity contribution < 1.29 is 4.43 Å². The van der Waals surface area contributed by atoms with E-state index in [0.29, 0.717) is 0 Å². The van der Waals surface area contributed by atoms with E-state index in [2.05, 4.69) is 59.8 Å². The lowest BCUT2D eigenvalue weighted by atomic mass is 9.97. The molecule has 23 heavy (non-hydrogen) atoms. The second-order valence-corrected chi connectivity index (χ2v) is 13.8. The zero-order valence-electron chi connectivity index (χ0n) is 15.5. The number of hydrogen-bond donors (Lipinski definition) is 0. The van der Waals surface area contributed by atoms with Crippen molar-refractivity contribution in [1.82, 2.24) is 0 Å². The third kappa shape index (κ3) is 4.26. The van der Waals surface area contributed by atoms with Crippen LogP contribution in [0.25, 0.3) is 0 Å². The first-order valence-corrected chi connectivity index (χ1v) is 11.7. The van der Waals surface area contributed by atoms with Crippen LogP contribution in [0.1, 0.15) is 53.0 Å². The molecule has 0 N–H and O–H groups in total. The van der Waals surface area contributed by atoms with Gasteiger partial charge >= 0.3 is 0 Å². The summed E-state index contributed by atoms with van der Waals surface area (Å²) >= 11 is 5.98. The highest BCUT2D eigenvalue weighted by Crippen LogP contribution is 2.41. The number of hydrogen-bond acceptors (Lipinski definition) is 2. The summed E-state index contributed by atoms with van der Waals surface area (Å²) in [5, 5.41) is 0.983. The Bertz CT molecular complexity index is 584. The van der Waals surface area contributed by atoms with Gasteiger partial charge in [0.2, 0.25) is 0 Å². The van der Waals surface area contributed by atoms with Gasteiger partial charge < -0.3 is 4.43 Å². The van der Waals surface area contributed by atoms with Crippen LogP contribution < -0.4 is 0 Å². The van der Waals surface area contributed by atoms with Crippen LogP contribution in [0, 0.1) is 0 Å². The van der Waals surface area contributed by atoms with Gasteiger partial charge in [0.1, 0.15) is 0 Å². The van der Waals surface area contributed by atoms with E-state index in [-0.39, 0.29) is 16.7 Å². The first kappa shape index (κ1) is 18.7. The second kappa shape index (κ2) is 6.34. The van der Waals surface area contributed by atoms with Crippen LogP contribution in [0.3, 0.4) is 0 Å². The molecule has 0 aliphatic carbocycles. The average molecular weight is 352 g/mol. The monoisotopic (exact) mass is 351 g/mol. The normalized spacial score (nSPS) is 19.8. The van der Waals surface area contributed by atoms with Crippen molar-refractivity contribution in [2.24, 2.45) is 4.99 Å². The Kier molecular flexibility index (Phi) is 5.15. The smallest absolute Gasteiger partial charge is 0.192 e. The number of nitrogens with zero attached hydrogens (tertiary/aromatic N) is 1. The molecule has 0 spiro atoms.